The molecule has 96 valence electrons. The van der Waals surface area contributed by atoms with Gasteiger partial charge in [0.25, 0.3) is 0 Å². The van der Waals surface area contributed by atoms with Crippen molar-refractivity contribution in [2.75, 3.05) is 0 Å². The van der Waals surface area contributed by atoms with Gasteiger partial charge in [0.2, 0.25) is 0 Å². The maximum absolute atomic E-state index is 14.3. The molecule has 0 aliphatic heterocycles. The first-order valence-electron chi connectivity index (χ1n) is 6.03. The minimum Gasteiger partial charge on any atom is -0.454 e. The van der Waals surface area contributed by atoms with Gasteiger partial charge in [0.15, 0.2) is 11.6 Å². The Morgan fingerprint density at radius 1 is 1.16 bits per heavy atom. The number of rotatable bonds is 2. The SMILES string of the molecule is Cc1cccc(Oc2ccc3nc(C)[nH]c3c2F)c1. The maximum Gasteiger partial charge on any atom is 0.191 e. The number of imidazole rings is 1. The van der Waals surface area contributed by atoms with E-state index >= 15 is 0 Å². The zero-order valence-corrected chi connectivity index (χ0v) is 10.7. The van der Waals surface area contributed by atoms with Crippen molar-refractivity contribution in [3.63, 3.8) is 0 Å². The molecular weight excluding hydrogens is 243 g/mol. The number of ether oxygens (including phenoxy) is 1. The first kappa shape index (κ1) is 11.7. The third kappa shape index (κ3) is 2.17. The normalized spacial score (nSPS) is 10.9. The largest absolute Gasteiger partial charge is 0.454 e. The van der Waals surface area contributed by atoms with Crippen LogP contribution in [-0.2, 0) is 0 Å². The van der Waals surface area contributed by atoms with Crippen LogP contribution in [0.3, 0.4) is 0 Å². The topological polar surface area (TPSA) is 37.9 Å². The summed E-state index contributed by atoms with van der Waals surface area (Å²) >= 11 is 0. The van der Waals surface area contributed by atoms with Crippen molar-refractivity contribution in [3.05, 3.63) is 53.6 Å². The predicted octanol–water partition coefficient (Wildman–Crippen LogP) is 4.11. The zero-order valence-electron chi connectivity index (χ0n) is 10.7. The highest BCUT2D eigenvalue weighted by atomic mass is 19.1. The van der Waals surface area contributed by atoms with E-state index in [9.17, 15) is 4.39 Å². The molecule has 0 bridgehead atoms. The number of fused-ring (bicyclic) bond motifs is 1. The van der Waals surface area contributed by atoms with Crippen molar-refractivity contribution in [2.24, 2.45) is 0 Å². The molecule has 2 aromatic carbocycles. The first-order chi connectivity index (χ1) is 9.13. The molecule has 3 aromatic rings. The number of nitrogens with one attached hydrogen (secondary N) is 1. The monoisotopic (exact) mass is 256 g/mol. The molecule has 3 nitrogen and oxygen atoms in total. The smallest absolute Gasteiger partial charge is 0.191 e. The van der Waals surface area contributed by atoms with Crippen LogP contribution in [0.5, 0.6) is 11.5 Å². The van der Waals surface area contributed by atoms with E-state index in [-0.39, 0.29) is 5.75 Å². The summed E-state index contributed by atoms with van der Waals surface area (Å²) in [4.78, 5) is 7.08. The average Bonchev–Trinajstić information content (AvgIpc) is 2.75. The van der Waals surface area contributed by atoms with E-state index in [4.69, 9.17) is 4.74 Å². The summed E-state index contributed by atoms with van der Waals surface area (Å²) in [7, 11) is 0. The van der Waals surface area contributed by atoms with Gasteiger partial charge in [0.05, 0.1) is 5.52 Å². The van der Waals surface area contributed by atoms with Gasteiger partial charge in [-0.05, 0) is 43.7 Å². The molecule has 0 atom stereocenters. The molecule has 0 fully saturated rings. The second-order valence-electron chi connectivity index (χ2n) is 4.51. The van der Waals surface area contributed by atoms with Gasteiger partial charge in [0.1, 0.15) is 17.1 Å². The van der Waals surface area contributed by atoms with Gasteiger partial charge in [-0.3, -0.25) is 0 Å². The quantitative estimate of drug-likeness (QED) is 0.749. The summed E-state index contributed by atoms with van der Waals surface area (Å²) in [6.45, 7) is 3.76. The van der Waals surface area contributed by atoms with Crippen molar-refractivity contribution in [1.82, 2.24) is 9.97 Å². The number of aromatic nitrogens is 2. The second kappa shape index (κ2) is 4.39. The van der Waals surface area contributed by atoms with Crippen molar-refractivity contribution >= 4 is 11.0 Å². The van der Waals surface area contributed by atoms with Crippen LogP contribution in [0.1, 0.15) is 11.4 Å². The fraction of sp³-hybridized carbons (Fsp3) is 0.133. The number of nitrogens with zero attached hydrogens (tertiary/aromatic N) is 1. The number of hydrogen-bond donors (Lipinski definition) is 1. The Hall–Kier alpha value is -2.36. The van der Waals surface area contributed by atoms with E-state index in [1.54, 1.807) is 25.1 Å². The van der Waals surface area contributed by atoms with Crippen molar-refractivity contribution < 1.29 is 9.13 Å². The van der Waals surface area contributed by atoms with Crippen LogP contribution in [0.15, 0.2) is 36.4 Å². The standard InChI is InChI=1S/C15H13FN2O/c1-9-4-3-5-11(8-9)19-13-7-6-12-15(14(13)16)18-10(2)17-12/h3-8H,1-2H3,(H,17,18). The Morgan fingerprint density at radius 2 is 2.00 bits per heavy atom. The number of benzene rings is 2. The number of H-pyrrole nitrogens is 1. The summed E-state index contributed by atoms with van der Waals surface area (Å²) in [5.41, 5.74) is 2.05. The highest BCUT2D eigenvalue weighted by Gasteiger charge is 2.12. The van der Waals surface area contributed by atoms with Crippen LogP contribution < -0.4 is 4.74 Å². The van der Waals surface area contributed by atoms with Gasteiger partial charge < -0.3 is 9.72 Å². The Labute approximate surface area is 110 Å². The van der Waals surface area contributed by atoms with Crippen LogP contribution in [0, 0.1) is 19.7 Å². The Bertz CT molecular complexity index is 749. The fourth-order valence-electron chi connectivity index (χ4n) is 2.03. The van der Waals surface area contributed by atoms with E-state index in [2.05, 4.69) is 9.97 Å². The molecule has 1 N–H and O–H groups in total. The van der Waals surface area contributed by atoms with Gasteiger partial charge in [0, 0.05) is 0 Å². The van der Waals surface area contributed by atoms with Gasteiger partial charge in [-0.1, -0.05) is 12.1 Å². The zero-order chi connectivity index (χ0) is 13.4. The molecule has 0 unspecified atom stereocenters. The summed E-state index contributed by atoms with van der Waals surface area (Å²) in [5, 5.41) is 0. The lowest BCUT2D eigenvalue weighted by Gasteiger charge is -2.07. The lowest BCUT2D eigenvalue weighted by atomic mass is 10.2. The van der Waals surface area contributed by atoms with Gasteiger partial charge >= 0.3 is 0 Å². The van der Waals surface area contributed by atoms with E-state index in [1.165, 1.54) is 0 Å². The van der Waals surface area contributed by atoms with Crippen LogP contribution in [0.4, 0.5) is 4.39 Å². The average molecular weight is 256 g/mol. The summed E-state index contributed by atoms with van der Waals surface area (Å²) in [6.07, 6.45) is 0. The third-order valence-corrected chi connectivity index (χ3v) is 2.90. The van der Waals surface area contributed by atoms with Gasteiger partial charge in [-0.25, -0.2) is 9.37 Å². The lowest BCUT2D eigenvalue weighted by Crippen LogP contribution is -1.90. The molecule has 0 saturated carbocycles. The van der Waals surface area contributed by atoms with Gasteiger partial charge in [-0.2, -0.15) is 0 Å². The van der Waals surface area contributed by atoms with E-state index in [0.29, 0.717) is 22.6 Å². The maximum atomic E-state index is 14.3. The highest BCUT2D eigenvalue weighted by Crippen LogP contribution is 2.29. The van der Waals surface area contributed by atoms with Gasteiger partial charge in [-0.15, -0.1) is 0 Å². The minimum atomic E-state index is -0.417. The van der Waals surface area contributed by atoms with E-state index in [0.717, 1.165) is 5.56 Å². The molecule has 0 aliphatic rings. The summed E-state index contributed by atoms with van der Waals surface area (Å²) in [5.74, 6) is 1.08. The molecule has 0 amide bonds. The molecule has 3 rings (SSSR count). The molecule has 0 saturated heterocycles. The molecular formula is C15H13FN2O. The van der Waals surface area contributed by atoms with Crippen molar-refractivity contribution in [2.45, 2.75) is 13.8 Å². The molecule has 0 aliphatic carbocycles. The number of hydrogen-bond acceptors (Lipinski definition) is 2. The van der Waals surface area contributed by atoms with Crippen molar-refractivity contribution in [3.8, 4) is 11.5 Å². The molecule has 0 radical (unpaired) electrons. The molecule has 1 aromatic heterocycles. The van der Waals surface area contributed by atoms with E-state index < -0.39 is 5.82 Å². The molecule has 1 heterocycles. The number of aryl methyl sites for hydroxylation is 2. The molecule has 19 heavy (non-hydrogen) atoms. The highest BCUT2D eigenvalue weighted by molar-refractivity contribution is 5.77. The summed E-state index contributed by atoms with van der Waals surface area (Å²) in [6, 6.07) is 10.8. The fourth-order valence-corrected chi connectivity index (χ4v) is 2.03. The van der Waals surface area contributed by atoms with Crippen LogP contribution in [-0.4, -0.2) is 9.97 Å². The Balaban J connectivity index is 2.03. The predicted molar refractivity (Wildman–Crippen MR) is 72.0 cm³/mol. The number of aromatic amines is 1. The van der Waals surface area contributed by atoms with Crippen LogP contribution in [0.25, 0.3) is 11.0 Å². The van der Waals surface area contributed by atoms with Crippen LogP contribution >= 0.6 is 0 Å². The van der Waals surface area contributed by atoms with Crippen LogP contribution in [0.2, 0.25) is 0 Å². The minimum absolute atomic E-state index is 0.196. The van der Waals surface area contributed by atoms with Crippen molar-refractivity contribution in [1.29, 1.82) is 0 Å². The van der Waals surface area contributed by atoms with E-state index in [1.807, 2.05) is 25.1 Å². The summed E-state index contributed by atoms with van der Waals surface area (Å²) < 4.78 is 19.9. The second-order valence-corrected chi connectivity index (χ2v) is 4.51. The lowest BCUT2D eigenvalue weighted by molar-refractivity contribution is 0.445. The number of halogens is 1. The third-order valence-electron chi connectivity index (χ3n) is 2.90. The Kier molecular flexibility index (Phi) is 2.71. The molecule has 0 spiro atoms. The Morgan fingerprint density at radius 3 is 2.79 bits per heavy atom. The first-order valence-corrected chi connectivity index (χ1v) is 6.03. The molecule has 4 heteroatoms.